The number of hydrogen-bond acceptors (Lipinski definition) is 5. The van der Waals surface area contributed by atoms with Gasteiger partial charge in [0, 0.05) is 42.9 Å². The summed E-state index contributed by atoms with van der Waals surface area (Å²) in [6.45, 7) is 4.18. The van der Waals surface area contributed by atoms with E-state index in [1.54, 1.807) is 0 Å². The summed E-state index contributed by atoms with van der Waals surface area (Å²) in [5.41, 5.74) is 3.26. The summed E-state index contributed by atoms with van der Waals surface area (Å²) in [7, 11) is 0. The highest BCUT2D eigenvalue weighted by atomic mass is 32.2. The average Bonchev–Trinajstić information content (AvgIpc) is 3.54. The van der Waals surface area contributed by atoms with Crippen LogP contribution in [-0.4, -0.2) is 41.3 Å². The third kappa shape index (κ3) is 5.17. The maximum atomic E-state index is 5.83. The zero-order chi connectivity index (χ0) is 21.6. The molecule has 0 unspecified atom stereocenters. The van der Waals surface area contributed by atoms with Crippen molar-refractivity contribution in [3.63, 3.8) is 0 Å². The van der Waals surface area contributed by atoms with E-state index in [1.165, 1.54) is 47.5 Å². The van der Waals surface area contributed by atoms with Crippen molar-refractivity contribution in [2.45, 2.75) is 19.4 Å². The molecule has 0 N–H and O–H groups in total. The Hall–Kier alpha value is -2.76. The Morgan fingerprint density at radius 3 is 2.59 bits per heavy atom. The van der Waals surface area contributed by atoms with Crippen LogP contribution in [-0.2, 0) is 6.54 Å². The van der Waals surface area contributed by atoms with Crippen LogP contribution in [0.1, 0.15) is 18.4 Å². The van der Waals surface area contributed by atoms with E-state index in [0.29, 0.717) is 0 Å². The molecular weight excluding hydrogens is 414 g/mol. The normalized spacial score (nSPS) is 14.2. The average molecular weight is 444 g/mol. The molecule has 1 saturated heterocycles. The fraction of sp³-hybridized carbons (Fsp3) is 0.296. The predicted molar refractivity (Wildman–Crippen MR) is 135 cm³/mol. The minimum atomic E-state index is 0.813. The molecule has 0 amide bonds. The van der Waals surface area contributed by atoms with Gasteiger partial charge in [-0.05, 0) is 41.8 Å². The van der Waals surface area contributed by atoms with E-state index in [0.717, 1.165) is 36.7 Å². The summed E-state index contributed by atoms with van der Waals surface area (Å²) in [5.74, 6) is 3.30. The van der Waals surface area contributed by atoms with Crippen LogP contribution in [0, 0.1) is 0 Å². The molecule has 0 spiro atoms. The summed E-state index contributed by atoms with van der Waals surface area (Å²) in [4.78, 5) is 4.89. The fourth-order valence-corrected chi connectivity index (χ4v) is 5.28. The molecule has 32 heavy (non-hydrogen) atoms. The number of unbranched alkanes of at least 4 members (excludes halogenated alkanes) is 1. The lowest BCUT2D eigenvalue weighted by atomic mass is 10.1. The van der Waals surface area contributed by atoms with Gasteiger partial charge in [0.1, 0.15) is 5.69 Å². The van der Waals surface area contributed by atoms with E-state index >= 15 is 0 Å². The topological polar surface area (TPSA) is 32.5 Å². The first-order valence-electron chi connectivity index (χ1n) is 11.4. The van der Waals surface area contributed by atoms with Gasteiger partial charge in [0.2, 0.25) is 5.88 Å². The first kappa shape index (κ1) is 21.1. The van der Waals surface area contributed by atoms with Crippen LogP contribution in [0.4, 0.5) is 5.88 Å². The highest BCUT2D eigenvalue weighted by Crippen LogP contribution is 2.26. The SMILES string of the molecule is c1ccc(-c2cc(N(CCCCN3CCSC3)Cc3ccc4ccccc4c3)on2)cc1. The first-order chi connectivity index (χ1) is 15.8. The van der Waals surface area contributed by atoms with Crippen molar-refractivity contribution in [2.24, 2.45) is 0 Å². The minimum absolute atomic E-state index is 0.813. The predicted octanol–water partition coefficient (Wildman–Crippen LogP) is 6.29. The van der Waals surface area contributed by atoms with Gasteiger partial charge >= 0.3 is 0 Å². The largest absolute Gasteiger partial charge is 0.338 e. The Morgan fingerprint density at radius 1 is 0.906 bits per heavy atom. The Labute approximate surface area is 194 Å². The van der Waals surface area contributed by atoms with Crippen molar-refractivity contribution in [1.29, 1.82) is 0 Å². The molecule has 2 heterocycles. The Balaban J connectivity index is 1.32. The fourth-order valence-electron chi connectivity index (χ4n) is 4.25. The van der Waals surface area contributed by atoms with E-state index in [2.05, 4.69) is 75.6 Å². The molecule has 1 aliphatic rings. The molecule has 0 aliphatic carbocycles. The van der Waals surface area contributed by atoms with Crippen LogP contribution in [0.2, 0.25) is 0 Å². The van der Waals surface area contributed by atoms with Gasteiger partial charge in [0.15, 0.2) is 0 Å². The highest BCUT2D eigenvalue weighted by molar-refractivity contribution is 7.99. The molecule has 1 aromatic heterocycles. The zero-order valence-electron chi connectivity index (χ0n) is 18.3. The van der Waals surface area contributed by atoms with E-state index in [1.807, 2.05) is 30.0 Å². The second-order valence-corrected chi connectivity index (χ2v) is 9.46. The molecule has 4 nitrogen and oxygen atoms in total. The number of nitrogens with zero attached hydrogens (tertiary/aromatic N) is 3. The van der Waals surface area contributed by atoms with E-state index in [9.17, 15) is 0 Å². The Kier molecular flexibility index (Phi) is 6.75. The van der Waals surface area contributed by atoms with Crippen LogP contribution < -0.4 is 4.90 Å². The lowest BCUT2D eigenvalue weighted by Crippen LogP contribution is -2.25. The molecule has 0 saturated carbocycles. The lowest BCUT2D eigenvalue weighted by Gasteiger charge is -2.22. The maximum absolute atomic E-state index is 5.83. The van der Waals surface area contributed by atoms with Gasteiger partial charge in [-0.15, -0.1) is 11.8 Å². The van der Waals surface area contributed by atoms with E-state index in [-0.39, 0.29) is 0 Å². The molecule has 0 radical (unpaired) electrons. The van der Waals surface area contributed by atoms with Gasteiger partial charge in [-0.25, -0.2) is 0 Å². The van der Waals surface area contributed by atoms with Gasteiger partial charge in [-0.1, -0.05) is 71.9 Å². The zero-order valence-corrected chi connectivity index (χ0v) is 19.1. The minimum Gasteiger partial charge on any atom is -0.338 e. The molecule has 5 heteroatoms. The van der Waals surface area contributed by atoms with Gasteiger partial charge < -0.3 is 9.42 Å². The van der Waals surface area contributed by atoms with Crippen LogP contribution in [0.15, 0.2) is 83.4 Å². The Bertz CT molecular complexity index is 1140. The van der Waals surface area contributed by atoms with Crippen LogP contribution in [0.25, 0.3) is 22.0 Å². The summed E-state index contributed by atoms with van der Waals surface area (Å²) < 4.78 is 5.83. The molecule has 0 bridgehead atoms. The van der Waals surface area contributed by atoms with E-state index in [4.69, 9.17) is 4.52 Å². The van der Waals surface area contributed by atoms with Crippen molar-refractivity contribution < 1.29 is 4.52 Å². The van der Waals surface area contributed by atoms with Crippen molar-refractivity contribution in [3.05, 3.63) is 84.4 Å². The maximum Gasteiger partial charge on any atom is 0.228 e. The smallest absolute Gasteiger partial charge is 0.228 e. The number of fused-ring (bicyclic) bond motifs is 1. The van der Waals surface area contributed by atoms with Gasteiger partial charge in [-0.3, -0.25) is 4.90 Å². The van der Waals surface area contributed by atoms with Crippen LogP contribution in [0.5, 0.6) is 0 Å². The molecular formula is C27H29N3OS. The van der Waals surface area contributed by atoms with Crippen LogP contribution >= 0.6 is 11.8 Å². The lowest BCUT2D eigenvalue weighted by molar-refractivity contribution is 0.345. The second kappa shape index (κ2) is 10.2. The van der Waals surface area contributed by atoms with Gasteiger partial charge in [-0.2, -0.15) is 0 Å². The summed E-state index contributed by atoms with van der Waals surface area (Å²) in [6.07, 6.45) is 2.34. The standard InChI is InChI=1S/C27H29N3OS/c1-2-9-24(10-3-1)26-19-27(31-28-26)30(15-7-6-14-29-16-17-32-21-29)20-22-12-13-23-8-4-5-11-25(23)18-22/h1-5,8-13,18-19H,6-7,14-17,20-21H2. The Morgan fingerprint density at radius 2 is 1.75 bits per heavy atom. The van der Waals surface area contributed by atoms with Crippen molar-refractivity contribution >= 4 is 28.4 Å². The third-order valence-corrected chi connectivity index (χ3v) is 7.06. The van der Waals surface area contributed by atoms with E-state index < -0.39 is 0 Å². The molecule has 164 valence electrons. The molecule has 4 aromatic rings. The second-order valence-electron chi connectivity index (χ2n) is 8.38. The summed E-state index contributed by atoms with van der Waals surface area (Å²) in [6, 6.07) is 27.6. The number of rotatable bonds is 9. The number of anilines is 1. The number of thioether (sulfide) groups is 1. The van der Waals surface area contributed by atoms with Gasteiger partial charge in [0.25, 0.3) is 0 Å². The molecule has 1 fully saturated rings. The molecule has 1 aliphatic heterocycles. The first-order valence-corrected chi connectivity index (χ1v) is 12.6. The molecule has 0 atom stereocenters. The highest BCUT2D eigenvalue weighted by Gasteiger charge is 2.16. The van der Waals surface area contributed by atoms with Crippen LogP contribution in [0.3, 0.4) is 0 Å². The number of aromatic nitrogens is 1. The summed E-state index contributed by atoms with van der Waals surface area (Å²) >= 11 is 2.04. The summed E-state index contributed by atoms with van der Waals surface area (Å²) in [5, 5.41) is 6.91. The van der Waals surface area contributed by atoms with Crippen molar-refractivity contribution in [1.82, 2.24) is 10.1 Å². The van der Waals surface area contributed by atoms with Crippen molar-refractivity contribution in [3.8, 4) is 11.3 Å². The number of benzene rings is 3. The number of hydrogen-bond donors (Lipinski definition) is 0. The van der Waals surface area contributed by atoms with Gasteiger partial charge in [0.05, 0.1) is 0 Å². The third-order valence-electron chi connectivity index (χ3n) is 6.04. The molecule has 3 aromatic carbocycles. The quantitative estimate of drug-likeness (QED) is 0.284. The monoisotopic (exact) mass is 443 g/mol. The molecule has 5 rings (SSSR count). The van der Waals surface area contributed by atoms with Crippen molar-refractivity contribution in [2.75, 3.05) is 36.2 Å².